The zero-order chi connectivity index (χ0) is 17.3. The maximum absolute atomic E-state index is 13.2. The summed E-state index contributed by atoms with van der Waals surface area (Å²) in [4.78, 5) is 17.7. The van der Waals surface area contributed by atoms with Crippen molar-refractivity contribution in [3.05, 3.63) is 36.7 Å². The van der Waals surface area contributed by atoms with E-state index in [1.165, 1.54) is 11.3 Å². The predicted octanol–water partition coefficient (Wildman–Crippen LogP) is 2.64. The summed E-state index contributed by atoms with van der Waals surface area (Å²) in [6.45, 7) is 1.56. The van der Waals surface area contributed by atoms with Gasteiger partial charge in [0.15, 0.2) is 5.13 Å². The quantitative estimate of drug-likeness (QED) is 0.712. The molecule has 1 aliphatic rings. The summed E-state index contributed by atoms with van der Waals surface area (Å²) in [5.41, 5.74) is 0.0835. The van der Waals surface area contributed by atoms with E-state index in [0.717, 1.165) is 23.3 Å². The first-order valence-electron chi connectivity index (χ1n) is 8.19. The molecule has 1 fully saturated rings. The van der Waals surface area contributed by atoms with Crippen LogP contribution in [0.5, 0.6) is 5.75 Å². The zero-order valence-electron chi connectivity index (χ0n) is 14.3. The van der Waals surface area contributed by atoms with Crippen LogP contribution in [0.2, 0.25) is 0 Å². The number of rotatable bonds is 4. The van der Waals surface area contributed by atoms with Crippen LogP contribution >= 0.6 is 23.7 Å². The van der Waals surface area contributed by atoms with Crippen LogP contribution in [-0.4, -0.2) is 40.9 Å². The van der Waals surface area contributed by atoms with Crippen molar-refractivity contribution in [1.82, 2.24) is 20.1 Å². The third-order valence-electron chi connectivity index (χ3n) is 4.62. The highest BCUT2D eigenvalue weighted by Crippen LogP contribution is 2.34. The number of hydrogen-bond acceptors (Lipinski definition) is 6. The molecule has 26 heavy (non-hydrogen) atoms. The minimum Gasteiger partial charge on any atom is -0.494 e. The number of thiazole rings is 1. The second-order valence-electron chi connectivity index (χ2n) is 6.01. The van der Waals surface area contributed by atoms with E-state index in [4.69, 9.17) is 4.74 Å². The number of anilines is 1. The van der Waals surface area contributed by atoms with Gasteiger partial charge < -0.3 is 10.1 Å². The van der Waals surface area contributed by atoms with Gasteiger partial charge in [0.25, 0.3) is 5.91 Å². The van der Waals surface area contributed by atoms with Crippen molar-refractivity contribution in [3.8, 4) is 5.75 Å². The molecule has 1 saturated heterocycles. The molecule has 2 aromatic heterocycles. The van der Waals surface area contributed by atoms with Gasteiger partial charge >= 0.3 is 0 Å². The molecule has 4 rings (SSSR count). The highest BCUT2D eigenvalue weighted by molar-refractivity contribution is 7.22. The van der Waals surface area contributed by atoms with Crippen molar-refractivity contribution in [1.29, 1.82) is 0 Å². The Morgan fingerprint density at radius 2 is 2.15 bits per heavy atom. The number of carbonyl (C=O) groups is 1. The summed E-state index contributed by atoms with van der Waals surface area (Å²) in [6.07, 6.45) is 4.94. The van der Waals surface area contributed by atoms with Gasteiger partial charge in [0.2, 0.25) is 0 Å². The molecule has 1 aliphatic heterocycles. The smallest absolute Gasteiger partial charge is 0.254 e. The van der Waals surface area contributed by atoms with E-state index in [2.05, 4.69) is 20.7 Å². The van der Waals surface area contributed by atoms with Gasteiger partial charge in [-0.3, -0.25) is 14.8 Å². The zero-order valence-corrected chi connectivity index (χ0v) is 15.9. The third kappa shape index (κ3) is 3.15. The molecule has 1 amide bonds. The lowest BCUT2D eigenvalue weighted by atomic mass is 9.87. The molecule has 0 spiro atoms. The largest absolute Gasteiger partial charge is 0.494 e. The number of carbonyl (C=O) groups excluding carboxylic acids is 1. The Bertz CT molecular complexity index is 890. The lowest BCUT2D eigenvalue weighted by Crippen LogP contribution is -2.52. The lowest BCUT2D eigenvalue weighted by molar-refractivity contribution is -0.126. The highest BCUT2D eigenvalue weighted by atomic mass is 35.5. The Labute approximate surface area is 161 Å². The Hall–Kier alpha value is -2.16. The van der Waals surface area contributed by atoms with Gasteiger partial charge in [0.1, 0.15) is 16.8 Å². The molecule has 0 radical (unpaired) electrons. The molecule has 0 unspecified atom stereocenters. The number of amides is 1. The monoisotopic (exact) mass is 393 g/mol. The van der Waals surface area contributed by atoms with E-state index in [-0.39, 0.29) is 18.3 Å². The van der Waals surface area contributed by atoms with E-state index in [1.54, 1.807) is 18.0 Å². The van der Waals surface area contributed by atoms with Crippen molar-refractivity contribution in [2.45, 2.75) is 18.4 Å². The number of aromatic nitrogens is 3. The predicted molar refractivity (Wildman–Crippen MR) is 104 cm³/mol. The SMILES string of the molecule is COc1cccc2sc(NC(=O)C3(n4cccn4)CCNCC3)nc12.Cl. The van der Waals surface area contributed by atoms with Gasteiger partial charge in [-0.05, 0) is 44.1 Å². The number of hydrogen-bond donors (Lipinski definition) is 2. The van der Waals surface area contributed by atoms with Gasteiger partial charge in [0, 0.05) is 12.4 Å². The summed E-state index contributed by atoms with van der Waals surface area (Å²) in [5.74, 6) is 0.633. The number of para-hydroxylation sites is 1. The van der Waals surface area contributed by atoms with Gasteiger partial charge in [-0.15, -0.1) is 12.4 Å². The van der Waals surface area contributed by atoms with Crippen LogP contribution < -0.4 is 15.4 Å². The van der Waals surface area contributed by atoms with E-state index in [1.807, 2.05) is 30.5 Å². The topological polar surface area (TPSA) is 81.1 Å². The molecule has 0 aliphatic carbocycles. The average molecular weight is 394 g/mol. The number of ether oxygens (including phenoxy) is 1. The van der Waals surface area contributed by atoms with Crippen LogP contribution in [-0.2, 0) is 10.3 Å². The molecule has 9 heteroatoms. The summed E-state index contributed by atoms with van der Waals surface area (Å²) < 4.78 is 8.10. The molecule has 3 heterocycles. The van der Waals surface area contributed by atoms with Gasteiger partial charge in [-0.2, -0.15) is 5.10 Å². The standard InChI is InChI=1S/C17H19N5O2S.ClH/c1-24-12-4-2-5-13-14(12)20-16(25-13)21-15(23)17(6-9-18-10-7-17)22-11-3-8-19-22;/h2-5,8,11,18H,6-7,9-10H2,1H3,(H,20,21,23);1H. The van der Waals surface area contributed by atoms with E-state index >= 15 is 0 Å². The second kappa shape index (κ2) is 7.61. The lowest BCUT2D eigenvalue weighted by Gasteiger charge is -2.36. The Morgan fingerprint density at radius 1 is 1.35 bits per heavy atom. The van der Waals surface area contributed by atoms with Crippen molar-refractivity contribution in [3.63, 3.8) is 0 Å². The van der Waals surface area contributed by atoms with Crippen LogP contribution in [0.25, 0.3) is 10.2 Å². The third-order valence-corrected chi connectivity index (χ3v) is 5.55. The summed E-state index contributed by atoms with van der Waals surface area (Å²) in [6, 6.07) is 7.60. The fourth-order valence-corrected chi connectivity index (χ4v) is 4.16. The van der Waals surface area contributed by atoms with Gasteiger partial charge in [-0.1, -0.05) is 17.4 Å². The van der Waals surface area contributed by atoms with Crippen molar-refractivity contribution in [2.24, 2.45) is 0 Å². The molecule has 0 saturated carbocycles. The first-order chi connectivity index (χ1) is 12.2. The fourth-order valence-electron chi connectivity index (χ4n) is 3.28. The highest BCUT2D eigenvalue weighted by Gasteiger charge is 2.42. The molecular formula is C17H20ClN5O2S. The van der Waals surface area contributed by atoms with Crippen molar-refractivity contribution in [2.75, 3.05) is 25.5 Å². The molecule has 0 atom stereocenters. The first kappa shape index (κ1) is 18.6. The molecule has 1 aromatic carbocycles. The minimum atomic E-state index is -0.684. The van der Waals surface area contributed by atoms with Crippen LogP contribution in [0.15, 0.2) is 36.7 Å². The molecule has 0 bridgehead atoms. The maximum Gasteiger partial charge on any atom is 0.254 e. The normalized spacial score (nSPS) is 16.0. The van der Waals surface area contributed by atoms with Crippen LogP contribution in [0.1, 0.15) is 12.8 Å². The number of benzene rings is 1. The van der Waals surface area contributed by atoms with E-state index < -0.39 is 5.54 Å². The molecule has 7 nitrogen and oxygen atoms in total. The summed E-state index contributed by atoms with van der Waals surface area (Å²) in [5, 5.41) is 11.2. The number of fused-ring (bicyclic) bond motifs is 1. The van der Waals surface area contributed by atoms with Crippen LogP contribution in [0.3, 0.4) is 0 Å². The number of halogens is 1. The van der Waals surface area contributed by atoms with E-state index in [9.17, 15) is 4.79 Å². The molecule has 2 N–H and O–H groups in total. The second-order valence-corrected chi connectivity index (χ2v) is 7.04. The minimum absolute atomic E-state index is 0. The van der Waals surface area contributed by atoms with Crippen molar-refractivity contribution >= 4 is 45.0 Å². The maximum atomic E-state index is 13.2. The Morgan fingerprint density at radius 3 is 2.85 bits per heavy atom. The number of methoxy groups -OCH3 is 1. The Balaban J connectivity index is 0.00000196. The molecule has 138 valence electrons. The number of piperidine rings is 1. The molecule has 3 aromatic rings. The first-order valence-corrected chi connectivity index (χ1v) is 9.00. The van der Waals surface area contributed by atoms with Crippen LogP contribution in [0, 0.1) is 0 Å². The summed E-state index contributed by atoms with van der Waals surface area (Å²) in [7, 11) is 1.62. The fraction of sp³-hybridized carbons (Fsp3) is 0.353. The summed E-state index contributed by atoms with van der Waals surface area (Å²) >= 11 is 1.45. The van der Waals surface area contributed by atoms with E-state index in [0.29, 0.717) is 23.7 Å². The number of nitrogens with one attached hydrogen (secondary N) is 2. The number of nitrogens with zero attached hydrogens (tertiary/aromatic N) is 3. The average Bonchev–Trinajstić information content (AvgIpc) is 3.31. The van der Waals surface area contributed by atoms with Crippen molar-refractivity contribution < 1.29 is 9.53 Å². The van der Waals surface area contributed by atoms with Gasteiger partial charge in [0.05, 0.1) is 11.8 Å². The Kier molecular flexibility index (Phi) is 5.45. The molecular weight excluding hydrogens is 374 g/mol. The van der Waals surface area contributed by atoms with Crippen LogP contribution in [0.4, 0.5) is 5.13 Å². The van der Waals surface area contributed by atoms with Gasteiger partial charge in [-0.25, -0.2) is 4.98 Å².